The van der Waals surface area contributed by atoms with Crippen LogP contribution in [-0.2, 0) is 14.8 Å². The molecule has 2 aromatic heterocycles. The summed E-state index contributed by atoms with van der Waals surface area (Å²) in [5.74, 6) is -0.431. The molecule has 0 aliphatic heterocycles. The molecule has 0 aliphatic rings. The number of amides is 1. The number of sulfonamides is 1. The Labute approximate surface area is 181 Å². The van der Waals surface area contributed by atoms with Gasteiger partial charge < -0.3 is 9.47 Å². The molecular formula is C21H26N4O5S. The lowest BCUT2D eigenvalue weighted by Gasteiger charge is -2.12. The predicted octanol–water partition coefficient (Wildman–Crippen LogP) is 2.70. The number of rotatable bonds is 8. The standard InChI is InChI=1S/C21H26N4O5S/c1-13(2)25-20-19(14(3)23-25)17(15-6-8-16(30-5)9-7-15)12-18(22-20)21(26)24-31(27,28)11-10-29-4/h6-9,12-13H,10-11H2,1-5H3,(H,24,26). The van der Waals surface area contributed by atoms with Crippen LogP contribution in [-0.4, -0.2) is 55.7 Å². The average molecular weight is 447 g/mol. The van der Waals surface area contributed by atoms with Crippen molar-refractivity contribution in [2.24, 2.45) is 0 Å². The Morgan fingerprint density at radius 1 is 1.19 bits per heavy atom. The van der Waals surface area contributed by atoms with Crippen molar-refractivity contribution in [2.45, 2.75) is 26.8 Å². The first-order valence-electron chi connectivity index (χ1n) is 9.75. The number of pyridine rings is 1. The summed E-state index contributed by atoms with van der Waals surface area (Å²) in [5, 5.41) is 5.39. The van der Waals surface area contributed by atoms with Crippen LogP contribution in [0.15, 0.2) is 30.3 Å². The normalized spacial score (nSPS) is 11.8. The summed E-state index contributed by atoms with van der Waals surface area (Å²) in [6, 6.07) is 8.96. The van der Waals surface area contributed by atoms with E-state index in [0.717, 1.165) is 22.2 Å². The molecule has 3 aromatic rings. The SMILES string of the molecule is COCCS(=O)(=O)NC(=O)c1cc(-c2ccc(OC)cc2)c2c(C)nn(C(C)C)c2n1. The van der Waals surface area contributed by atoms with E-state index in [0.29, 0.717) is 11.4 Å². The minimum atomic E-state index is -3.86. The van der Waals surface area contributed by atoms with Crippen LogP contribution < -0.4 is 9.46 Å². The molecule has 0 unspecified atom stereocenters. The first-order valence-corrected chi connectivity index (χ1v) is 11.4. The first-order chi connectivity index (χ1) is 14.7. The number of carbonyl (C=O) groups is 1. The molecule has 0 saturated carbocycles. The molecule has 1 N–H and O–H groups in total. The smallest absolute Gasteiger partial charge is 0.283 e. The zero-order chi connectivity index (χ0) is 22.8. The second kappa shape index (κ2) is 9.03. The van der Waals surface area contributed by atoms with Crippen molar-refractivity contribution in [3.8, 4) is 16.9 Å². The number of benzene rings is 1. The van der Waals surface area contributed by atoms with Crippen LogP contribution >= 0.6 is 0 Å². The summed E-state index contributed by atoms with van der Waals surface area (Å²) < 4.78 is 38.2. The fourth-order valence-electron chi connectivity index (χ4n) is 3.23. The maximum Gasteiger partial charge on any atom is 0.283 e. The molecule has 0 aliphatic carbocycles. The second-order valence-electron chi connectivity index (χ2n) is 7.35. The van der Waals surface area contributed by atoms with Crippen molar-refractivity contribution in [3.05, 3.63) is 41.7 Å². The largest absolute Gasteiger partial charge is 0.497 e. The maximum absolute atomic E-state index is 12.8. The second-order valence-corrected chi connectivity index (χ2v) is 9.19. The first kappa shape index (κ1) is 22.7. The monoisotopic (exact) mass is 446 g/mol. The number of fused-ring (bicyclic) bond motifs is 1. The number of ether oxygens (including phenoxy) is 2. The van der Waals surface area contributed by atoms with Gasteiger partial charge in [0.05, 0.1) is 25.2 Å². The highest BCUT2D eigenvalue weighted by Crippen LogP contribution is 2.33. The van der Waals surface area contributed by atoms with Crippen LogP contribution in [0.2, 0.25) is 0 Å². The summed E-state index contributed by atoms with van der Waals surface area (Å²) in [6.45, 7) is 5.78. The topological polar surface area (TPSA) is 112 Å². The molecule has 9 nitrogen and oxygen atoms in total. The Morgan fingerprint density at radius 3 is 2.45 bits per heavy atom. The van der Waals surface area contributed by atoms with Gasteiger partial charge in [-0.1, -0.05) is 12.1 Å². The molecule has 166 valence electrons. The van der Waals surface area contributed by atoms with Gasteiger partial charge in [-0.25, -0.2) is 22.8 Å². The molecule has 0 saturated heterocycles. The van der Waals surface area contributed by atoms with Gasteiger partial charge in [-0.15, -0.1) is 0 Å². The summed E-state index contributed by atoms with van der Waals surface area (Å²) in [7, 11) is -0.877. The van der Waals surface area contributed by atoms with Crippen molar-refractivity contribution >= 4 is 27.0 Å². The number of hydrogen-bond acceptors (Lipinski definition) is 7. The van der Waals surface area contributed by atoms with Crippen molar-refractivity contribution in [1.82, 2.24) is 19.5 Å². The van der Waals surface area contributed by atoms with E-state index >= 15 is 0 Å². The molecule has 3 rings (SSSR count). The molecule has 0 atom stereocenters. The van der Waals surface area contributed by atoms with Crippen LogP contribution in [0.1, 0.15) is 36.1 Å². The Kier molecular flexibility index (Phi) is 6.61. The lowest BCUT2D eigenvalue weighted by molar-refractivity contribution is 0.0976. The highest BCUT2D eigenvalue weighted by atomic mass is 32.2. The fraction of sp³-hybridized carbons (Fsp3) is 0.381. The quantitative estimate of drug-likeness (QED) is 0.566. The summed E-state index contributed by atoms with van der Waals surface area (Å²) in [4.78, 5) is 17.3. The summed E-state index contributed by atoms with van der Waals surface area (Å²) in [5.41, 5.74) is 2.83. The van der Waals surface area contributed by atoms with E-state index < -0.39 is 15.9 Å². The van der Waals surface area contributed by atoms with Crippen LogP contribution in [0.5, 0.6) is 5.75 Å². The lowest BCUT2D eigenvalue weighted by atomic mass is 10.0. The van der Waals surface area contributed by atoms with Gasteiger partial charge in [-0.3, -0.25) is 4.79 Å². The molecule has 10 heteroatoms. The number of aryl methyl sites for hydroxylation is 1. The van der Waals surface area contributed by atoms with Crippen LogP contribution in [0.3, 0.4) is 0 Å². The molecule has 0 radical (unpaired) electrons. The van der Waals surface area contributed by atoms with Crippen molar-refractivity contribution in [3.63, 3.8) is 0 Å². The highest BCUT2D eigenvalue weighted by molar-refractivity contribution is 7.90. The van der Waals surface area contributed by atoms with Gasteiger partial charge in [-0.05, 0) is 50.1 Å². The van der Waals surface area contributed by atoms with E-state index in [2.05, 4.69) is 14.8 Å². The zero-order valence-corrected chi connectivity index (χ0v) is 19.0. The Bertz CT molecular complexity index is 1200. The van der Waals surface area contributed by atoms with Gasteiger partial charge in [0.15, 0.2) is 5.65 Å². The lowest BCUT2D eigenvalue weighted by Crippen LogP contribution is -2.34. The van der Waals surface area contributed by atoms with E-state index in [4.69, 9.17) is 9.47 Å². The van der Waals surface area contributed by atoms with E-state index in [-0.39, 0.29) is 24.1 Å². The number of nitrogens with zero attached hydrogens (tertiary/aromatic N) is 3. The zero-order valence-electron chi connectivity index (χ0n) is 18.2. The molecule has 0 spiro atoms. The van der Waals surface area contributed by atoms with E-state index in [1.54, 1.807) is 17.9 Å². The van der Waals surface area contributed by atoms with Crippen LogP contribution in [0.25, 0.3) is 22.2 Å². The molecule has 1 amide bonds. The van der Waals surface area contributed by atoms with Gasteiger partial charge in [0.2, 0.25) is 10.0 Å². The average Bonchev–Trinajstić information content (AvgIpc) is 3.08. The third-order valence-electron chi connectivity index (χ3n) is 4.76. The van der Waals surface area contributed by atoms with Gasteiger partial charge in [0.25, 0.3) is 5.91 Å². The van der Waals surface area contributed by atoms with Gasteiger partial charge >= 0.3 is 0 Å². The minimum Gasteiger partial charge on any atom is -0.497 e. The van der Waals surface area contributed by atoms with Gasteiger partial charge in [0, 0.05) is 18.5 Å². The Hall–Kier alpha value is -2.98. The minimum absolute atomic E-state index is 0.00355. The van der Waals surface area contributed by atoms with E-state index in [1.165, 1.54) is 7.11 Å². The highest BCUT2D eigenvalue weighted by Gasteiger charge is 2.22. The van der Waals surface area contributed by atoms with Crippen LogP contribution in [0, 0.1) is 6.92 Å². The van der Waals surface area contributed by atoms with E-state index in [1.807, 2.05) is 45.0 Å². The molecule has 1 aromatic carbocycles. The molecule has 2 heterocycles. The van der Waals surface area contributed by atoms with Crippen molar-refractivity contribution in [2.75, 3.05) is 26.6 Å². The van der Waals surface area contributed by atoms with E-state index in [9.17, 15) is 13.2 Å². The number of carbonyl (C=O) groups excluding carboxylic acids is 1. The third-order valence-corrected chi connectivity index (χ3v) is 5.96. The number of hydrogen-bond donors (Lipinski definition) is 1. The summed E-state index contributed by atoms with van der Waals surface area (Å²) >= 11 is 0. The van der Waals surface area contributed by atoms with Gasteiger partial charge in [0.1, 0.15) is 11.4 Å². The maximum atomic E-state index is 12.8. The molecule has 0 fully saturated rings. The van der Waals surface area contributed by atoms with Crippen molar-refractivity contribution < 1.29 is 22.7 Å². The summed E-state index contributed by atoms with van der Waals surface area (Å²) in [6.07, 6.45) is 0. The number of aromatic nitrogens is 3. The third kappa shape index (κ3) is 4.86. The molecule has 31 heavy (non-hydrogen) atoms. The predicted molar refractivity (Wildman–Crippen MR) is 118 cm³/mol. The Balaban J connectivity index is 2.16. The van der Waals surface area contributed by atoms with Crippen LogP contribution in [0.4, 0.5) is 0 Å². The molecular weight excluding hydrogens is 420 g/mol. The van der Waals surface area contributed by atoms with Crippen molar-refractivity contribution in [1.29, 1.82) is 0 Å². The van der Waals surface area contributed by atoms with Gasteiger partial charge in [-0.2, -0.15) is 5.10 Å². The Morgan fingerprint density at radius 2 is 1.87 bits per heavy atom. The fourth-order valence-corrected chi connectivity index (χ4v) is 4.10. The molecule has 0 bridgehead atoms. The number of methoxy groups -OCH3 is 2. The number of nitrogens with one attached hydrogen (secondary N) is 1.